The summed E-state index contributed by atoms with van der Waals surface area (Å²) in [5, 5.41) is 3.94. The Kier molecular flexibility index (Phi) is 3.17. The van der Waals surface area contributed by atoms with Crippen molar-refractivity contribution in [2.24, 2.45) is 5.92 Å². The molecule has 4 aliphatic heterocycles. The molecule has 3 atom stereocenters. The van der Waals surface area contributed by atoms with Crippen molar-refractivity contribution in [1.29, 1.82) is 0 Å². The van der Waals surface area contributed by atoms with Crippen LogP contribution < -0.4 is 14.8 Å². The molecule has 4 heteroatoms. The van der Waals surface area contributed by atoms with Crippen molar-refractivity contribution < 1.29 is 9.47 Å². The summed E-state index contributed by atoms with van der Waals surface area (Å²) >= 11 is 0. The maximum atomic E-state index is 5.66. The maximum Gasteiger partial charge on any atom is 0.231 e. The van der Waals surface area contributed by atoms with Gasteiger partial charge < -0.3 is 14.8 Å². The molecule has 2 aromatic carbocycles. The number of rotatable bonds is 0. The second-order valence-electron chi connectivity index (χ2n) is 9.05. The fraction of sp³-hybridized carbons (Fsp3) is 0.478. The fourth-order valence-corrected chi connectivity index (χ4v) is 5.93. The van der Waals surface area contributed by atoms with Gasteiger partial charge in [-0.15, -0.1) is 0 Å². The van der Waals surface area contributed by atoms with E-state index >= 15 is 0 Å². The molecule has 0 bridgehead atoms. The second kappa shape index (κ2) is 5.41. The van der Waals surface area contributed by atoms with Crippen LogP contribution in [0.3, 0.4) is 0 Å². The maximum absolute atomic E-state index is 5.66. The van der Waals surface area contributed by atoms with E-state index in [0.717, 1.165) is 24.5 Å². The number of fused-ring (bicyclic) bond motifs is 6. The number of benzene rings is 2. The Bertz CT molecular complexity index is 923. The van der Waals surface area contributed by atoms with E-state index in [4.69, 9.17) is 9.47 Å². The van der Waals surface area contributed by atoms with Gasteiger partial charge in [0, 0.05) is 30.4 Å². The van der Waals surface area contributed by atoms with Crippen molar-refractivity contribution in [1.82, 2.24) is 4.90 Å². The van der Waals surface area contributed by atoms with Gasteiger partial charge in [0.1, 0.15) is 0 Å². The van der Waals surface area contributed by atoms with Gasteiger partial charge in [0.05, 0.1) is 0 Å². The minimum atomic E-state index is 0.120. The fourth-order valence-electron chi connectivity index (χ4n) is 5.93. The van der Waals surface area contributed by atoms with Crippen molar-refractivity contribution >= 4 is 5.69 Å². The molecule has 2 aromatic rings. The molecule has 0 unspecified atom stereocenters. The van der Waals surface area contributed by atoms with Crippen LogP contribution in [0.1, 0.15) is 37.0 Å². The second-order valence-corrected chi connectivity index (χ2v) is 9.05. The van der Waals surface area contributed by atoms with E-state index in [9.17, 15) is 0 Å². The predicted molar refractivity (Wildman–Crippen MR) is 105 cm³/mol. The topological polar surface area (TPSA) is 33.7 Å². The van der Waals surface area contributed by atoms with Gasteiger partial charge in [-0.2, -0.15) is 0 Å². The van der Waals surface area contributed by atoms with Gasteiger partial charge in [-0.05, 0) is 53.5 Å². The summed E-state index contributed by atoms with van der Waals surface area (Å²) in [6, 6.07) is 14.4. The van der Waals surface area contributed by atoms with Crippen LogP contribution in [0.4, 0.5) is 5.69 Å². The lowest BCUT2D eigenvalue weighted by molar-refractivity contribution is 0.0493. The zero-order chi connectivity index (χ0) is 18.2. The third-order valence-electron chi connectivity index (χ3n) is 7.42. The third kappa shape index (κ3) is 2.19. The zero-order valence-corrected chi connectivity index (χ0v) is 16.0. The summed E-state index contributed by atoms with van der Waals surface area (Å²) in [6.07, 6.45) is 2.37. The van der Waals surface area contributed by atoms with E-state index in [0.29, 0.717) is 24.8 Å². The first-order chi connectivity index (χ1) is 13.1. The molecular formula is C23H26N2O2. The summed E-state index contributed by atoms with van der Waals surface area (Å²) in [5.41, 5.74) is 5.75. The van der Waals surface area contributed by atoms with Crippen LogP contribution in [0.25, 0.3) is 0 Å². The lowest BCUT2D eigenvalue weighted by atomic mass is 9.62. The van der Waals surface area contributed by atoms with Crippen LogP contribution in [0, 0.1) is 5.92 Å². The average molecular weight is 362 g/mol. The molecule has 0 amide bonds. The van der Waals surface area contributed by atoms with Crippen LogP contribution in [-0.2, 0) is 18.4 Å². The van der Waals surface area contributed by atoms with Crippen molar-refractivity contribution in [2.45, 2.75) is 50.7 Å². The number of nitrogens with one attached hydrogen (secondary N) is 1. The molecule has 6 rings (SSSR count). The highest BCUT2D eigenvalue weighted by molar-refractivity contribution is 5.66. The Morgan fingerprint density at radius 3 is 2.70 bits per heavy atom. The van der Waals surface area contributed by atoms with Crippen molar-refractivity contribution in [3.63, 3.8) is 0 Å². The summed E-state index contributed by atoms with van der Waals surface area (Å²) < 4.78 is 11.3. The first kappa shape index (κ1) is 15.8. The highest BCUT2D eigenvalue weighted by Crippen LogP contribution is 2.52. The van der Waals surface area contributed by atoms with Crippen molar-refractivity contribution in [3.05, 3.63) is 53.1 Å². The molecule has 0 aromatic heterocycles. The molecule has 4 nitrogen and oxygen atoms in total. The highest BCUT2D eigenvalue weighted by atomic mass is 16.7. The van der Waals surface area contributed by atoms with Gasteiger partial charge in [0.2, 0.25) is 6.79 Å². The first-order valence-electron chi connectivity index (χ1n) is 10.1. The zero-order valence-electron chi connectivity index (χ0n) is 16.0. The monoisotopic (exact) mass is 362 g/mol. The van der Waals surface area contributed by atoms with Crippen LogP contribution in [-0.4, -0.2) is 30.3 Å². The van der Waals surface area contributed by atoms with Crippen LogP contribution in [0.2, 0.25) is 0 Å². The molecule has 0 saturated carbocycles. The van der Waals surface area contributed by atoms with Gasteiger partial charge >= 0.3 is 0 Å². The van der Waals surface area contributed by atoms with Crippen LogP contribution in [0.15, 0.2) is 36.4 Å². The summed E-state index contributed by atoms with van der Waals surface area (Å²) in [6.45, 7) is 7.43. The molecule has 0 spiro atoms. The first-order valence-corrected chi connectivity index (χ1v) is 10.1. The smallest absolute Gasteiger partial charge is 0.231 e. The largest absolute Gasteiger partial charge is 0.454 e. The van der Waals surface area contributed by atoms with Gasteiger partial charge in [0.15, 0.2) is 11.5 Å². The normalized spacial score (nSPS) is 29.8. The van der Waals surface area contributed by atoms with Gasteiger partial charge in [-0.3, -0.25) is 4.90 Å². The molecule has 140 valence electrons. The number of hydrogen-bond donors (Lipinski definition) is 1. The summed E-state index contributed by atoms with van der Waals surface area (Å²) in [5.74, 6) is 2.39. The molecule has 1 fully saturated rings. The minimum absolute atomic E-state index is 0.120. The van der Waals surface area contributed by atoms with Crippen molar-refractivity contribution in [2.75, 3.05) is 18.7 Å². The standard InChI is InChI=1S/C23H26N2O2/c1-23(2)16-7-8-25-12-15-6-4-3-5-14(15)9-19(25)22(16)24-18-11-21-20(10-17(18)23)26-13-27-21/h3-6,10-11,16,19,22,24H,7-9,12-13H2,1-2H3/t16-,19-,22-/m0/s1. The molecule has 0 radical (unpaired) electrons. The molecule has 27 heavy (non-hydrogen) atoms. The van der Waals surface area contributed by atoms with Crippen LogP contribution >= 0.6 is 0 Å². The Morgan fingerprint density at radius 1 is 1.07 bits per heavy atom. The van der Waals surface area contributed by atoms with Gasteiger partial charge in [0.25, 0.3) is 0 Å². The Balaban J connectivity index is 1.42. The SMILES string of the molecule is CC1(C)c2cc3c(cc2N[C@@H]2[C@@H]4Cc5ccccc5CN4CC[C@@H]21)OCO3. The van der Waals surface area contributed by atoms with E-state index in [2.05, 4.69) is 60.5 Å². The van der Waals surface area contributed by atoms with E-state index in [1.54, 1.807) is 0 Å². The van der Waals surface area contributed by atoms with E-state index in [-0.39, 0.29) is 5.41 Å². The molecule has 0 aliphatic carbocycles. The Morgan fingerprint density at radius 2 is 1.85 bits per heavy atom. The summed E-state index contributed by atoms with van der Waals surface area (Å²) in [7, 11) is 0. The van der Waals surface area contributed by atoms with E-state index < -0.39 is 0 Å². The molecule has 1 saturated heterocycles. The highest BCUT2D eigenvalue weighted by Gasteiger charge is 2.50. The minimum Gasteiger partial charge on any atom is -0.454 e. The number of nitrogens with zero attached hydrogens (tertiary/aromatic N) is 1. The van der Waals surface area contributed by atoms with Crippen molar-refractivity contribution in [3.8, 4) is 11.5 Å². The molecule has 4 aliphatic rings. The lowest BCUT2D eigenvalue weighted by Crippen LogP contribution is -2.62. The van der Waals surface area contributed by atoms with E-state index in [1.165, 1.54) is 35.3 Å². The van der Waals surface area contributed by atoms with Gasteiger partial charge in [-0.1, -0.05) is 38.1 Å². The number of piperidine rings is 1. The average Bonchev–Trinajstić information content (AvgIpc) is 3.13. The predicted octanol–water partition coefficient (Wildman–Crippen LogP) is 3.93. The molecular weight excluding hydrogens is 336 g/mol. The van der Waals surface area contributed by atoms with E-state index in [1.807, 2.05) is 0 Å². The lowest BCUT2D eigenvalue weighted by Gasteiger charge is -2.56. The Labute approximate surface area is 160 Å². The number of anilines is 1. The van der Waals surface area contributed by atoms with Gasteiger partial charge in [-0.25, -0.2) is 0 Å². The summed E-state index contributed by atoms with van der Waals surface area (Å²) in [4.78, 5) is 2.70. The quantitative estimate of drug-likeness (QED) is 0.770. The number of ether oxygens (including phenoxy) is 2. The molecule has 4 heterocycles. The Hall–Kier alpha value is -2.20. The third-order valence-corrected chi connectivity index (χ3v) is 7.42. The van der Waals surface area contributed by atoms with Crippen LogP contribution in [0.5, 0.6) is 11.5 Å². The molecule has 1 N–H and O–H groups in total. The number of hydrogen-bond acceptors (Lipinski definition) is 4.